The lowest BCUT2D eigenvalue weighted by Crippen LogP contribution is -2.42. The van der Waals surface area contributed by atoms with Gasteiger partial charge in [-0.3, -0.25) is 0 Å². The number of methoxy groups -OCH3 is 1. The molecule has 0 radical (unpaired) electrons. The van der Waals surface area contributed by atoms with Gasteiger partial charge in [0.15, 0.2) is 0 Å². The summed E-state index contributed by atoms with van der Waals surface area (Å²) in [6.07, 6.45) is 26.8. The van der Waals surface area contributed by atoms with E-state index in [0.29, 0.717) is 74.7 Å². The Labute approximate surface area is 409 Å². The number of carbonyl (C=O) groups is 5. The number of alkyl carbamates (subject to hydrolysis) is 1. The maximum absolute atomic E-state index is 12.2. The average molecular weight is 969 g/mol. The number of nitrogens with zero attached hydrogens (tertiary/aromatic N) is 5. The van der Waals surface area contributed by atoms with Crippen LogP contribution in [0, 0.1) is 0 Å². The second kappa shape index (κ2) is 56.2. The van der Waals surface area contributed by atoms with E-state index in [4.69, 9.17) is 9.47 Å². The van der Waals surface area contributed by atoms with Crippen LogP contribution in [-0.2, 0) is 28.6 Å². The third kappa shape index (κ3) is 47.4. The summed E-state index contributed by atoms with van der Waals surface area (Å²) in [7, 11) is 1.31. The minimum atomic E-state index is -0.983. The topological polar surface area (TPSA) is 244 Å². The van der Waals surface area contributed by atoms with Crippen LogP contribution in [0.1, 0.15) is 222 Å². The number of ether oxygens (including phenoxy) is 3. The molecule has 0 spiro atoms. The lowest BCUT2D eigenvalue weighted by Gasteiger charge is -2.19. The first-order chi connectivity index (χ1) is 32.9. The van der Waals surface area contributed by atoms with E-state index in [2.05, 4.69) is 77.4 Å². The number of isocyanates is 3. The molecule has 0 rings (SSSR count). The Kier molecular flexibility index (Phi) is 57.4. The Balaban J connectivity index is -0.000000484. The van der Waals surface area contributed by atoms with Crippen molar-refractivity contribution >= 4 is 48.6 Å². The van der Waals surface area contributed by atoms with Gasteiger partial charge in [0.05, 0.1) is 13.7 Å². The van der Waals surface area contributed by atoms with Crippen molar-refractivity contribution in [1.29, 1.82) is 0 Å². The fourth-order valence-electron chi connectivity index (χ4n) is 5.86. The Bertz CT molecular complexity index is 1370. The van der Waals surface area contributed by atoms with Gasteiger partial charge in [-0.25, -0.2) is 43.3 Å². The SMILES string of the molecule is CCCCCC.CCCCCC.CCCCCC(CC)OC(=O)N(N=C=O)C(=O)NCCCCCCN=C=O.CCCCCC(CC)OC(=O)N(N=C=O)C(=O)NCCCCCCNC(=O)OC. The molecule has 0 saturated carbocycles. The van der Waals surface area contributed by atoms with E-state index in [1.54, 1.807) is 0 Å². The molecule has 0 aliphatic heterocycles. The number of hydrazone groups is 2. The summed E-state index contributed by atoms with van der Waals surface area (Å²) < 4.78 is 15.0. The molecule has 0 fully saturated rings. The molecule has 19 nitrogen and oxygen atoms in total. The first-order valence-electron chi connectivity index (χ1n) is 25.5. The minimum Gasteiger partial charge on any atom is -0.453 e. The normalized spacial score (nSPS) is 10.6. The minimum absolute atomic E-state index is 0.315. The number of imide groups is 2. The van der Waals surface area contributed by atoms with Gasteiger partial charge in [-0.1, -0.05) is 168 Å². The van der Waals surface area contributed by atoms with Crippen LogP contribution in [0.2, 0.25) is 0 Å². The zero-order chi connectivity index (χ0) is 51.9. The van der Waals surface area contributed by atoms with Crippen LogP contribution >= 0.6 is 0 Å². The quantitative estimate of drug-likeness (QED) is 0.0180. The van der Waals surface area contributed by atoms with Gasteiger partial charge < -0.3 is 30.2 Å². The van der Waals surface area contributed by atoms with Crippen molar-refractivity contribution in [3.05, 3.63) is 0 Å². The summed E-state index contributed by atoms with van der Waals surface area (Å²) in [5.74, 6) is 0. The largest absolute Gasteiger partial charge is 0.453 e. The Morgan fingerprint density at radius 1 is 0.456 bits per heavy atom. The highest BCUT2D eigenvalue weighted by molar-refractivity contribution is 5.91. The van der Waals surface area contributed by atoms with E-state index in [1.165, 1.54) is 76.7 Å². The van der Waals surface area contributed by atoms with E-state index < -0.39 is 30.3 Å². The molecule has 0 bridgehead atoms. The maximum atomic E-state index is 12.2. The summed E-state index contributed by atoms with van der Waals surface area (Å²) in [5.41, 5.74) is 0. The maximum Gasteiger partial charge on any atom is 0.440 e. The van der Waals surface area contributed by atoms with Gasteiger partial charge >= 0.3 is 30.3 Å². The summed E-state index contributed by atoms with van der Waals surface area (Å²) >= 11 is 0. The van der Waals surface area contributed by atoms with Crippen LogP contribution in [0.4, 0.5) is 24.0 Å². The Hall–Kier alpha value is -5.11. The zero-order valence-corrected chi connectivity index (χ0v) is 43.6. The van der Waals surface area contributed by atoms with Crippen molar-refractivity contribution in [1.82, 2.24) is 26.0 Å². The van der Waals surface area contributed by atoms with E-state index >= 15 is 0 Å². The first kappa shape index (κ1) is 69.5. The molecule has 0 saturated heterocycles. The molecule has 0 aliphatic rings. The first-order valence-corrected chi connectivity index (χ1v) is 25.5. The molecule has 2 atom stereocenters. The second-order valence-electron chi connectivity index (χ2n) is 15.9. The highest BCUT2D eigenvalue weighted by atomic mass is 16.6. The second-order valence-corrected chi connectivity index (χ2v) is 15.9. The molecule has 19 heteroatoms. The van der Waals surface area contributed by atoms with Crippen LogP contribution in [0.3, 0.4) is 0 Å². The van der Waals surface area contributed by atoms with Crippen LogP contribution in [-0.4, -0.2) is 104 Å². The van der Waals surface area contributed by atoms with E-state index in [0.717, 1.165) is 77.0 Å². The monoisotopic (exact) mass is 969 g/mol. The van der Waals surface area contributed by atoms with Crippen molar-refractivity contribution in [3.8, 4) is 0 Å². The van der Waals surface area contributed by atoms with Gasteiger partial charge in [0.2, 0.25) is 6.08 Å². The number of aliphatic imine (C=N–C) groups is 1. The molecular weight excluding hydrogens is 877 g/mol. The van der Waals surface area contributed by atoms with Crippen molar-refractivity contribution in [3.63, 3.8) is 0 Å². The van der Waals surface area contributed by atoms with Gasteiger partial charge in [-0.05, 0) is 64.2 Å². The Morgan fingerprint density at radius 3 is 1.10 bits per heavy atom. The Morgan fingerprint density at radius 2 is 0.794 bits per heavy atom. The number of carbonyl (C=O) groups excluding carboxylic acids is 8. The predicted molar refractivity (Wildman–Crippen MR) is 266 cm³/mol. The molecular formula is C49H92N8O11. The number of unbranched alkanes of at least 4 members (excludes halogenated alkanes) is 16. The van der Waals surface area contributed by atoms with Gasteiger partial charge in [-0.15, -0.1) is 10.0 Å². The number of nitrogens with one attached hydrogen (secondary N) is 3. The molecule has 0 heterocycles. The molecule has 68 heavy (non-hydrogen) atoms. The van der Waals surface area contributed by atoms with Crippen LogP contribution in [0.5, 0.6) is 0 Å². The van der Waals surface area contributed by atoms with Gasteiger partial charge in [-0.2, -0.15) is 0 Å². The van der Waals surface area contributed by atoms with E-state index in [9.17, 15) is 38.4 Å². The van der Waals surface area contributed by atoms with E-state index in [-0.39, 0.29) is 12.2 Å². The van der Waals surface area contributed by atoms with E-state index in [1.807, 2.05) is 13.8 Å². The molecule has 394 valence electrons. The van der Waals surface area contributed by atoms with Crippen molar-refractivity contribution in [2.75, 3.05) is 33.3 Å². The molecule has 3 N–H and O–H groups in total. The zero-order valence-electron chi connectivity index (χ0n) is 43.6. The number of hydrogen-bond donors (Lipinski definition) is 3. The van der Waals surface area contributed by atoms with Gasteiger partial charge in [0.25, 0.3) is 12.2 Å². The highest BCUT2D eigenvalue weighted by Gasteiger charge is 2.26. The standard InChI is InChI=1S/C19H34N4O6.C18H30N4O5.2C6H14/c1-4-6-9-12-16(5-2)29-19(27)23(22-15-24)17(25)20-13-10-7-8-11-14-21-18(26)28-3;1-3-5-8-11-16(4-2)27-18(26)22(21-15-24)17(25)20-13-10-7-6-9-12-19-14-23;2*1-3-5-6-4-2/h16H,4-14H2,1-3H3,(H,20,25)(H,21,26);16H,3-13H2,1-2H3,(H,20,25);2*3-6H2,1-2H3. The summed E-state index contributed by atoms with van der Waals surface area (Å²) in [4.78, 5) is 93.9. The van der Waals surface area contributed by atoms with Crippen LogP contribution < -0.4 is 16.0 Å². The fourth-order valence-corrected chi connectivity index (χ4v) is 5.86. The lowest BCUT2D eigenvalue weighted by atomic mass is 10.1. The van der Waals surface area contributed by atoms with Gasteiger partial charge in [0.1, 0.15) is 12.2 Å². The number of amides is 7. The average Bonchev–Trinajstić information content (AvgIpc) is 3.34. The van der Waals surface area contributed by atoms with Gasteiger partial charge in [0, 0.05) is 19.6 Å². The predicted octanol–water partition coefficient (Wildman–Crippen LogP) is 12.5. The molecule has 7 amide bonds. The van der Waals surface area contributed by atoms with Crippen molar-refractivity contribution < 1.29 is 52.6 Å². The molecule has 0 aromatic rings. The molecule has 2 unspecified atom stereocenters. The molecule has 0 aromatic heterocycles. The van der Waals surface area contributed by atoms with Crippen LogP contribution in [0.25, 0.3) is 0 Å². The highest BCUT2D eigenvalue weighted by Crippen LogP contribution is 2.14. The third-order valence-corrected chi connectivity index (χ3v) is 10.0. The van der Waals surface area contributed by atoms with Crippen molar-refractivity contribution in [2.24, 2.45) is 15.2 Å². The van der Waals surface area contributed by atoms with Crippen molar-refractivity contribution in [2.45, 2.75) is 235 Å². The smallest absolute Gasteiger partial charge is 0.440 e. The third-order valence-electron chi connectivity index (χ3n) is 10.0. The number of hydrogen-bond acceptors (Lipinski definition) is 14. The summed E-state index contributed by atoms with van der Waals surface area (Å²) in [6, 6.07) is -1.65. The van der Waals surface area contributed by atoms with Crippen LogP contribution in [0.15, 0.2) is 15.2 Å². The lowest BCUT2D eigenvalue weighted by molar-refractivity contribution is 0.0629. The number of urea groups is 2. The molecule has 0 aliphatic carbocycles. The number of rotatable bonds is 34. The molecule has 0 aromatic carbocycles. The summed E-state index contributed by atoms with van der Waals surface area (Å²) in [6.45, 7) is 18.5. The summed E-state index contributed by atoms with van der Waals surface area (Å²) in [5, 5.41) is 14.7. The fraction of sp³-hybridized carbons (Fsp3) is 0.837.